The Kier molecular flexibility index (Phi) is 5.42. The zero-order valence-corrected chi connectivity index (χ0v) is 17.7. The van der Waals surface area contributed by atoms with Gasteiger partial charge >= 0.3 is 0 Å². The maximum Gasteiger partial charge on any atom is 0.282 e. The Morgan fingerprint density at radius 2 is 1.45 bits per heavy atom. The molecule has 0 saturated heterocycles. The Hall–Kier alpha value is -3.73. The Morgan fingerprint density at radius 3 is 2.03 bits per heavy atom. The van der Waals surface area contributed by atoms with Crippen LogP contribution in [0.5, 0.6) is 0 Å². The molecule has 0 bridgehead atoms. The minimum absolute atomic E-state index is 0.273. The molecule has 31 heavy (non-hydrogen) atoms. The molecule has 1 heterocycles. The van der Waals surface area contributed by atoms with Crippen molar-refractivity contribution in [2.75, 3.05) is 16.3 Å². The minimum atomic E-state index is -0.411. The van der Waals surface area contributed by atoms with E-state index in [1.807, 2.05) is 74.2 Å². The summed E-state index contributed by atoms with van der Waals surface area (Å²) >= 11 is 0. The summed E-state index contributed by atoms with van der Waals surface area (Å²) in [5.41, 5.74) is 4.34. The van der Waals surface area contributed by atoms with Gasteiger partial charge in [0, 0.05) is 12.2 Å². The highest BCUT2D eigenvalue weighted by atomic mass is 19.1. The van der Waals surface area contributed by atoms with Crippen LogP contribution in [-0.4, -0.2) is 18.4 Å². The second kappa shape index (κ2) is 8.19. The highest BCUT2D eigenvalue weighted by Gasteiger charge is 2.42. The summed E-state index contributed by atoms with van der Waals surface area (Å²) < 4.78 is 13.6. The number of hydrogen-bond donors (Lipinski definition) is 0. The molecule has 0 aromatic heterocycles. The highest BCUT2D eigenvalue weighted by molar-refractivity contribution is 6.46. The van der Waals surface area contributed by atoms with Crippen molar-refractivity contribution in [3.05, 3.63) is 101 Å². The van der Waals surface area contributed by atoms with Gasteiger partial charge in [0.2, 0.25) is 0 Å². The van der Waals surface area contributed by atoms with Gasteiger partial charge in [-0.3, -0.25) is 9.59 Å². The molecule has 2 amide bonds. The lowest BCUT2D eigenvalue weighted by molar-refractivity contribution is -0.120. The summed E-state index contributed by atoms with van der Waals surface area (Å²) in [5.74, 6) is -1.20. The molecule has 1 aliphatic rings. The predicted molar refractivity (Wildman–Crippen MR) is 121 cm³/mol. The van der Waals surface area contributed by atoms with E-state index in [0.717, 1.165) is 16.8 Å². The van der Waals surface area contributed by atoms with E-state index in [4.69, 9.17) is 0 Å². The van der Waals surface area contributed by atoms with E-state index in [1.54, 1.807) is 12.1 Å². The van der Waals surface area contributed by atoms with Crippen LogP contribution in [0.25, 0.3) is 5.57 Å². The number of hydrogen-bond acceptors (Lipinski definition) is 3. The molecule has 3 aromatic rings. The summed E-state index contributed by atoms with van der Waals surface area (Å²) in [6.07, 6.45) is 0. The van der Waals surface area contributed by atoms with Crippen LogP contribution in [0.2, 0.25) is 0 Å². The number of carbonyl (C=O) groups is 2. The molecule has 5 heteroatoms. The molecule has 0 atom stereocenters. The summed E-state index contributed by atoms with van der Waals surface area (Å²) in [5, 5.41) is 0. The largest absolute Gasteiger partial charge is 0.337 e. The molecule has 0 radical (unpaired) electrons. The summed E-state index contributed by atoms with van der Waals surface area (Å²) in [6, 6.07) is 20.8. The van der Waals surface area contributed by atoms with Crippen LogP contribution >= 0.6 is 0 Å². The number of anilines is 2. The maximum atomic E-state index is 13.7. The molecule has 0 spiro atoms. The third-order valence-electron chi connectivity index (χ3n) is 5.31. The van der Waals surface area contributed by atoms with Gasteiger partial charge in [-0.05, 0) is 73.9 Å². The first kappa shape index (κ1) is 20.5. The number of amides is 2. The molecule has 4 rings (SSSR count). The maximum absolute atomic E-state index is 13.7. The first-order valence-corrected chi connectivity index (χ1v) is 10.2. The smallest absolute Gasteiger partial charge is 0.282 e. The summed E-state index contributed by atoms with van der Waals surface area (Å²) in [7, 11) is 0. The van der Waals surface area contributed by atoms with Crippen molar-refractivity contribution in [3.8, 4) is 0 Å². The Labute approximate surface area is 181 Å². The second-order valence-electron chi connectivity index (χ2n) is 7.60. The zero-order chi connectivity index (χ0) is 22.1. The van der Waals surface area contributed by atoms with E-state index < -0.39 is 11.7 Å². The average molecular weight is 414 g/mol. The van der Waals surface area contributed by atoms with Gasteiger partial charge in [-0.15, -0.1) is 0 Å². The monoisotopic (exact) mass is 414 g/mol. The summed E-state index contributed by atoms with van der Waals surface area (Å²) in [6.45, 7) is 6.28. The molecule has 156 valence electrons. The lowest BCUT2D eigenvalue weighted by Crippen LogP contribution is -2.35. The lowest BCUT2D eigenvalue weighted by atomic mass is 10.0. The summed E-state index contributed by atoms with van der Waals surface area (Å²) in [4.78, 5) is 30.4. The number of benzene rings is 3. The number of rotatable bonds is 5. The number of likely N-dealkylation sites (N-methyl/N-ethyl adjacent to an activating group) is 1. The topological polar surface area (TPSA) is 40.6 Å². The van der Waals surface area contributed by atoms with E-state index in [9.17, 15) is 14.0 Å². The van der Waals surface area contributed by atoms with Crippen LogP contribution in [0.4, 0.5) is 15.8 Å². The Morgan fingerprint density at radius 1 is 0.839 bits per heavy atom. The van der Waals surface area contributed by atoms with Gasteiger partial charge in [-0.25, -0.2) is 9.29 Å². The van der Waals surface area contributed by atoms with E-state index in [2.05, 4.69) is 0 Å². The average Bonchev–Trinajstić information content (AvgIpc) is 3.00. The molecule has 0 saturated carbocycles. The molecular weight excluding hydrogens is 391 g/mol. The molecule has 1 aliphatic heterocycles. The van der Waals surface area contributed by atoms with Crippen LogP contribution in [0.15, 0.2) is 78.5 Å². The number of imide groups is 1. The van der Waals surface area contributed by atoms with Gasteiger partial charge < -0.3 is 4.90 Å². The normalized spacial score (nSPS) is 13.9. The third-order valence-corrected chi connectivity index (χ3v) is 5.31. The molecule has 3 aromatic carbocycles. The fourth-order valence-electron chi connectivity index (χ4n) is 4.04. The minimum Gasteiger partial charge on any atom is -0.337 e. The first-order chi connectivity index (χ1) is 14.9. The number of halogens is 1. The van der Waals surface area contributed by atoms with Gasteiger partial charge in [-0.2, -0.15) is 0 Å². The van der Waals surface area contributed by atoms with Crippen molar-refractivity contribution in [3.63, 3.8) is 0 Å². The van der Waals surface area contributed by atoms with Gasteiger partial charge in [0.25, 0.3) is 11.8 Å². The third kappa shape index (κ3) is 3.75. The molecule has 0 fully saturated rings. The number of carbonyl (C=O) groups excluding carboxylic acids is 2. The highest BCUT2D eigenvalue weighted by Crippen LogP contribution is 2.37. The quantitative estimate of drug-likeness (QED) is 0.535. The Balaban J connectivity index is 1.92. The van der Waals surface area contributed by atoms with Crippen LogP contribution < -0.4 is 9.80 Å². The van der Waals surface area contributed by atoms with Crippen LogP contribution in [0, 0.1) is 19.7 Å². The van der Waals surface area contributed by atoms with Crippen molar-refractivity contribution in [2.24, 2.45) is 0 Å². The van der Waals surface area contributed by atoms with Gasteiger partial charge in [-0.1, -0.05) is 36.4 Å². The zero-order valence-electron chi connectivity index (χ0n) is 17.7. The van der Waals surface area contributed by atoms with Crippen LogP contribution in [0.1, 0.15) is 23.6 Å². The van der Waals surface area contributed by atoms with Gasteiger partial charge in [0.1, 0.15) is 11.5 Å². The van der Waals surface area contributed by atoms with E-state index in [1.165, 1.54) is 17.0 Å². The van der Waals surface area contributed by atoms with Crippen LogP contribution in [0.3, 0.4) is 0 Å². The standard InChI is InChI=1S/C26H23FN2O2/c1-4-28(21-8-6-5-7-9-21)24-23(19-10-12-20(27)13-11-19)25(30)29(26(24)31)22-15-17(2)14-18(3)16-22/h5-16H,4H2,1-3H3. The molecule has 0 N–H and O–H groups in total. The molecule has 4 nitrogen and oxygen atoms in total. The van der Waals surface area contributed by atoms with Crippen molar-refractivity contribution in [2.45, 2.75) is 20.8 Å². The van der Waals surface area contributed by atoms with Gasteiger partial charge in [0.05, 0.1) is 11.3 Å². The van der Waals surface area contributed by atoms with Crippen molar-refractivity contribution in [1.29, 1.82) is 0 Å². The first-order valence-electron chi connectivity index (χ1n) is 10.2. The van der Waals surface area contributed by atoms with E-state index >= 15 is 0 Å². The molecule has 0 unspecified atom stereocenters. The van der Waals surface area contributed by atoms with E-state index in [0.29, 0.717) is 23.5 Å². The fourth-order valence-corrected chi connectivity index (χ4v) is 4.04. The van der Waals surface area contributed by atoms with Crippen molar-refractivity contribution >= 4 is 28.8 Å². The molecule has 0 aliphatic carbocycles. The number of nitrogens with zero attached hydrogens (tertiary/aromatic N) is 2. The Bertz CT molecular complexity index is 1160. The fraction of sp³-hybridized carbons (Fsp3) is 0.154. The molecular formula is C26H23FN2O2. The number of aryl methyl sites for hydroxylation is 2. The second-order valence-corrected chi connectivity index (χ2v) is 7.60. The van der Waals surface area contributed by atoms with Gasteiger partial charge in [0.15, 0.2) is 0 Å². The van der Waals surface area contributed by atoms with Crippen LogP contribution in [-0.2, 0) is 9.59 Å². The van der Waals surface area contributed by atoms with E-state index in [-0.39, 0.29) is 11.5 Å². The van der Waals surface area contributed by atoms with Crippen molar-refractivity contribution in [1.82, 2.24) is 0 Å². The SMILES string of the molecule is CCN(C1=C(c2ccc(F)cc2)C(=O)N(c2cc(C)cc(C)c2)C1=O)c1ccccc1. The predicted octanol–water partition coefficient (Wildman–Crippen LogP) is 5.25. The number of para-hydroxylation sites is 1. The van der Waals surface area contributed by atoms with Crippen molar-refractivity contribution < 1.29 is 14.0 Å². The lowest BCUT2D eigenvalue weighted by Gasteiger charge is -2.25.